The molecule has 1 unspecified atom stereocenters. The molecule has 13 heavy (non-hydrogen) atoms. The van der Waals surface area contributed by atoms with E-state index in [1.54, 1.807) is 0 Å². The van der Waals surface area contributed by atoms with Crippen molar-refractivity contribution in [3.8, 4) is 0 Å². The lowest BCUT2D eigenvalue weighted by Crippen LogP contribution is -2.54. The summed E-state index contributed by atoms with van der Waals surface area (Å²) in [6, 6.07) is 0.653. The van der Waals surface area contributed by atoms with Crippen molar-refractivity contribution in [3.63, 3.8) is 0 Å². The molecule has 1 fully saturated rings. The van der Waals surface area contributed by atoms with E-state index in [-0.39, 0.29) is 0 Å². The molecule has 0 radical (unpaired) electrons. The highest BCUT2D eigenvalue weighted by Gasteiger charge is 2.27. The molecule has 1 aliphatic rings. The third-order valence-corrected chi connectivity index (χ3v) is 3.19. The van der Waals surface area contributed by atoms with Gasteiger partial charge in [0.1, 0.15) is 0 Å². The van der Waals surface area contributed by atoms with E-state index in [2.05, 4.69) is 38.0 Å². The summed E-state index contributed by atoms with van der Waals surface area (Å²) in [7, 11) is 2.21. The Morgan fingerprint density at radius 3 is 2.54 bits per heavy atom. The summed E-state index contributed by atoms with van der Waals surface area (Å²) in [4.78, 5) is 2.43. The number of nitrogens with one attached hydrogen (secondary N) is 1. The highest BCUT2D eigenvalue weighted by Crippen LogP contribution is 2.19. The molecular formula is C11H24N2. The van der Waals surface area contributed by atoms with Gasteiger partial charge in [-0.3, -0.25) is 0 Å². The van der Waals surface area contributed by atoms with Crippen LogP contribution in [0.2, 0.25) is 0 Å². The maximum atomic E-state index is 3.64. The van der Waals surface area contributed by atoms with E-state index < -0.39 is 0 Å². The maximum absolute atomic E-state index is 3.64. The van der Waals surface area contributed by atoms with Gasteiger partial charge in [0.25, 0.3) is 0 Å². The Bertz CT molecular complexity index is 148. The Hall–Kier alpha value is -0.0800. The first-order valence-corrected chi connectivity index (χ1v) is 5.49. The predicted octanol–water partition coefficient (Wildman–Crippen LogP) is 1.86. The first-order valence-electron chi connectivity index (χ1n) is 5.49. The minimum atomic E-state index is 0.358. The van der Waals surface area contributed by atoms with Gasteiger partial charge in [0.15, 0.2) is 0 Å². The average Bonchev–Trinajstić information content (AvgIpc) is 2.04. The fourth-order valence-corrected chi connectivity index (χ4v) is 1.99. The molecule has 0 spiro atoms. The van der Waals surface area contributed by atoms with Crippen LogP contribution < -0.4 is 5.32 Å². The second-order valence-corrected chi connectivity index (χ2v) is 4.95. The van der Waals surface area contributed by atoms with Gasteiger partial charge in [0.2, 0.25) is 0 Å². The summed E-state index contributed by atoms with van der Waals surface area (Å²) in [6.45, 7) is 9.23. The first-order chi connectivity index (χ1) is 6.03. The van der Waals surface area contributed by atoms with Crippen LogP contribution in [0.4, 0.5) is 0 Å². The fraction of sp³-hybridized carbons (Fsp3) is 1.00. The second kappa shape index (κ2) is 4.43. The third kappa shape index (κ3) is 3.28. The molecule has 2 nitrogen and oxygen atoms in total. The summed E-state index contributed by atoms with van der Waals surface area (Å²) < 4.78 is 0. The standard InChI is InChI=1S/C11H24N2/c1-10(2)13(4)9-11(3)7-5-6-8-12-11/h10,12H,5-9H2,1-4H3. The van der Waals surface area contributed by atoms with Gasteiger partial charge in [-0.2, -0.15) is 0 Å². The SMILES string of the molecule is CC(C)N(C)CC1(C)CCCCN1. The van der Waals surface area contributed by atoms with Gasteiger partial charge in [-0.1, -0.05) is 6.42 Å². The Kier molecular flexibility index (Phi) is 3.74. The molecule has 0 amide bonds. The van der Waals surface area contributed by atoms with Gasteiger partial charge in [0.05, 0.1) is 0 Å². The molecule has 1 N–H and O–H groups in total. The van der Waals surface area contributed by atoms with Crippen LogP contribution in [-0.2, 0) is 0 Å². The lowest BCUT2D eigenvalue weighted by Gasteiger charge is -2.39. The van der Waals surface area contributed by atoms with Gasteiger partial charge in [-0.05, 0) is 47.2 Å². The van der Waals surface area contributed by atoms with E-state index in [0.29, 0.717) is 11.6 Å². The van der Waals surface area contributed by atoms with Crippen LogP contribution >= 0.6 is 0 Å². The van der Waals surface area contributed by atoms with Crippen LogP contribution in [0.15, 0.2) is 0 Å². The van der Waals surface area contributed by atoms with E-state index in [0.717, 1.165) is 0 Å². The molecule has 78 valence electrons. The van der Waals surface area contributed by atoms with Crippen molar-refractivity contribution in [3.05, 3.63) is 0 Å². The maximum Gasteiger partial charge on any atom is 0.0280 e. The minimum Gasteiger partial charge on any atom is -0.310 e. The summed E-state index contributed by atoms with van der Waals surface area (Å²) in [5.74, 6) is 0. The summed E-state index contributed by atoms with van der Waals surface area (Å²) >= 11 is 0. The van der Waals surface area contributed by atoms with Crippen molar-refractivity contribution in [2.75, 3.05) is 20.1 Å². The Morgan fingerprint density at radius 2 is 2.08 bits per heavy atom. The number of piperidine rings is 1. The monoisotopic (exact) mass is 184 g/mol. The van der Waals surface area contributed by atoms with Crippen molar-refractivity contribution in [1.29, 1.82) is 0 Å². The van der Waals surface area contributed by atoms with E-state index in [4.69, 9.17) is 0 Å². The number of hydrogen-bond acceptors (Lipinski definition) is 2. The van der Waals surface area contributed by atoms with Crippen LogP contribution in [-0.4, -0.2) is 36.6 Å². The normalized spacial score (nSPS) is 30.0. The van der Waals surface area contributed by atoms with Crippen molar-refractivity contribution in [2.45, 2.75) is 51.6 Å². The van der Waals surface area contributed by atoms with Crippen molar-refractivity contribution in [1.82, 2.24) is 10.2 Å². The van der Waals surface area contributed by atoms with E-state index in [1.165, 1.54) is 32.4 Å². The molecule has 1 rings (SSSR count). The molecule has 1 heterocycles. The first kappa shape index (κ1) is 11.0. The molecule has 0 bridgehead atoms. The molecule has 0 aromatic heterocycles. The molecular weight excluding hydrogens is 160 g/mol. The zero-order valence-electron chi connectivity index (χ0n) is 9.56. The van der Waals surface area contributed by atoms with Crippen molar-refractivity contribution in [2.24, 2.45) is 0 Å². The summed E-state index contributed by atoms with van der Waals surface area (Å²) in [5.41, 5.74) is 0.358. The Labute approximate surface area is 82.7 Å². The number of nitrogens with zero attached hydrogens (tertiary/aromatic N) is 1. The molecule has 0 saturated carbocycles. The van der Waals surface area contributed by atoms with E-state index in [9.17, 15) is 0 Å². The quantitative estimate of drug-likeness (QED) is 0.720. The smallest absolute Gasteiger partial charge is 0.0280 e. The van der Waals surface area contributed by atoms with Crippen LogP contribution in [0.5, 0.6) is 0 Å². The lowest BCUT2D eigenvalue weighted by molar-refractivity contribution is 0.163. The lowest BCUT2D eigenvalue weighted by atomic mass is 9.90. The molecule has 2 heteroatoms. The number of hydrogen-bond donors (Lipinski definition) is 1. The zero-order valence-corrected chi connectivity index (χ0v) is 9.56. The molecule has 0 aromatic rings. The third-order valence-electron chi connectivity index (χ3n) is 3.19. The van der Waals surface area contributed by atoms with Crippen LogP contribution in [0.1, 0.15) is 40.0 Å². The van der Waals surface area contributed by atoms with Gasteiger partial charge in [-0.15, -0.1) is 0 Å². The highest BCUT2D eigenvalue weighted by molar-refractivity contribution is 4.89. The van der Waals surface area contributed by atoms with Crippen molar-refractivity contribution < 1.29 is 0 Å². The highest BCUT2D eigenvalue weighted by atomic mass is 15.2. The Morgan fingerprint density at radius 1 is 1.38 bits per heavy atom. The fourth-order valence-electron chi connectivity index (χ4n) is 1.99. The molecule has 1 saturated heterocycles. The number of likely N-dealkylation sites (N-methyl/N-ethyl adjacent to an activating group) is 1. The molecule has 1 aliphatic heterocycles. The molecule has 0 aliphatic carbocycles. The van der Waals surface area contributed by atoms with Gasteiger partial charge >= 0.3 is 0 Å². The minimum absolute atomic E-state index is 0.358. The summed E-state index contributed by atoms with van der Waals surface area (Å²) in [5, 5.41) is 3.64. The van der Waals surface area contributed by atoms with Gasteiger partial charge in [-0.25, -0.2) is 0 Å². The molecule has 0 aromatic carbocycles. The van der Waals surface area contributed by atoms with Gasteiger partial charge < -0.3 is 10.2 Å². The van der Waals surface area contributed by atoms with Crippen molar-refractivity contribution >= 4 is 0 Å². The average molecular weight is 184 g/mol. The van der Waals surface area contributed by atoms with Gasteiger partial charge in [0, 0.05) is 18.1 Å². The topological polar surface area (TPSA) is 15.3 Å². The Balaban J connectivity index is 2.40. The van der Waals surface area contributed by atoms with Crippen LogP contribution in [0.25, 0.3) is 0 Å². The molecule has 1 atom stereocenters. The van der Waals surface area contributed by atoms with Crippen LogP contribution in [0.3, 0.4) is 0 Å². The van der Waals surface area contributed by atoms with E-state index >= 15 is 0 Å². The van der Waals surface area contributed by atoms with Crippen LogP contribution in [0, 0.1) is 0 Å². The second-order valence-electron chi connectivity index (χ2n) is 4.95. The largest absolute Gasteiger partial charge is 0.310 e. The number of rotatable bonds is 3. The summed E-state index contributed by atoms with van der Waals surface area (Å²) in [6.07, 6.45) is 4.06. The van der Waals surface area contributed by atoms with E-state index in [1.807, 2.05) is 0 Å². The predicted molar refractivity (Wildman–Crippen MR) is 58.0 cm³/mol. The zero-order chi connectivity index (χ0) is 9.90.